The van der Waals surface area contributed by atoms with Crippen molar-refractivity contribution in [3.05, 3.63) is 94.6 Å². The number of carbonyl (C=O) groups excluding carboxylic acids is 1. The second kappa shape index (κ2) is 8.47. The molecule has 3 nitrogen and oxygen atoms in total. The molecule has 0 aliphatic heterocycles. The number of hydrogen-bond acceptors (Lipinski definition) is 1. The SMILES string of the molecule is O=C(NCCc1c[nH]c2ccc(Cl)cc12)c1ccc(-c2ccc(C(F)(F)F)cc2)cc1. The first-order valence-corrected chi connectivity index (χ1v) is 10.0. The van der Waals surface area contributed by atoms with Crippen LogP contribution in [0.25, 0.3) is 22.0 Å². The molecule has 0 unspecified atom stereocenters. The highest BCUT2D eigenvalue weighted by molar-refractivity contribution is 6.31. The molecule has 0 saturated carbocycles. The van der Waals surface area contributed by atoms with Crippen molar-refractivity contribution < 1.29 is 18.0 Å². The van der Waals surface area contributed by atoms with E-state index in [4.69, 9.17) is 11.6 Å². The second-order valence-corrected chi connectivity index (χ2v) is 7.60. The summed E-state index contributed by atoms with van der Waals surface area (Å²) in [5, 5.41) is 4.58. The third kappa shape index (κ3) is 4.75. The standard InChI is InChI=1S/C24H18ClF3N2O/c25-20-9-10-22-21(13-20)18(14-30-22)11-12-29-23(31)17-3-1-15(2-4-17)16-5-7-19(8-6-16)24(26,27)28/h1-10,13-14,30H,11-12H2,(H,29,31). The molecule has 1 heterocycles. The van der Waals surface area contributed by atoms with E-state index in [9.17, 15) is 18.0 Å². The molecule has 1 aromatic heterocycles. The van der Waals surface area contributed by atoms with Crippen molar-refractivity contribution in [2.75, 3.05) is 6.54 Å². The number of fused-ring (bicyclic) bond motifs is 1. The molecule has 4 aromatic rings. The number of carbonyl (C=O) groups is 1. The van der Waals surface area contributed by atoms with Gasteiger partial charge in [-0.25, -0.2) is 0 Å². The fourth-order valence-corrected chi connectivity index (χ4v) is 3.61. The lowest BCUT2D eigenvalue weighted by molar-refractivity contribution is -0.137. The molecule has 0 spiro atoms. The minimum Gasteiger partial charge on any atom is -0.361 e. The van der Waals surface area contributed by atoms with Crippen molar-refractivity contribution in [1.82, 2.24) is 10.3 Å². The van der Waals surface area contributed by atoms with Crippen LogP contribution >= 0.6 is 11.6 Å². The Labute approximate surface area is 181 Å². The quantitative estimate of drug-likeness (QED) is 0.365. The fourth-order valence-electron chi connectivity index (χ4n) is 3.44. The number of H-pyrrole nitrogens is 1. The number of rotatable bonds is 5. The van der Waals surface area contributed by atoms with Crippen LogP contribution in [0.15, 0.2) is 72.9 Å². The molecule has 3 aromatic carbocycles. The van der Waals surface area contributed by atoms with Crippen molar-refractivity contribution in [3.63, 3.8) is 0 Å². The van der Waals surface area contributed by atoms with E-state index in [-0.39, 0.29) is 5.91 Å². The highest BCUT2D eigenvalue weighted by Crippen LogP contribution is 2.31. The van der Waals surface area contributed by atoms with Gasteiger partial charge in [-0.05, 0) is 65.6 Å². The maximum atomic E-state index is 12.7. The van der Waals surface area contributed by atoms with Crippen LogP contribution in [0, 0.1) is 0 Å². The third-order valence-electron chi connectivity index (χ3n) is 5.10. The van der Waals surface area contributed by atoms with Crippen LogP contribution in [-0.2, 0) is 12.6 Å². The summed E-state index contributed by atoms with van der Waals surface area (Å²) in [7, 11) is 0. The number of halogens is 4. The van der Waals surface area contributed by atoms with Crippen molar-refractivity contribution in [2.45, 2.75) is 12.6 Å². The van der Waals surface area contributed by atoms with Crippen LogP contribution in [-0.4, -0.2) is 17.4 Å². The minimum atomic E-state index is -4.36. The number of alkyl halides is 3. The molecule has 158 valence electrons. The fraction of sp³-hybridized carbons (Fsp3) is 0.125. The molecule has 2 N–H and O–H groups in total. The van der Waals surface area contributed by atoms with Crippen LogP contribution in [0.3, 0.4) is 0 Å². The molecule has 0 saturated heterocycles. The second-order valence-electron chi connectivity index (χ2n) is 7.16. The molecule has 0 aliphatic rings. The van der Waals surface area contributed by atoms with Gasteiger partial charge < -0.3 is 10.3 Å². The van der Waals surface area contributed by atoms with E-state index in [2.05, 4.69) is 10.3 Å². The van der Waals surface area contributed by atoms with Crippen molar-refractivity contribution >= 4 is 28.4 Å². The van der Waals surface area contributed by atoms with Crippen molar-refractivity contribution in [3.8, 4) is 11.1 Å². The Morgan fingerprint density at radius 2 is 1.58 bits per heavy atom. The maximum Gasteiger partial charge on any atom is 0.416 e. The molecular formula is C24H18ClF3N2O. The van der Waals surface area contributed by atoms with E-state index in [1.807, 2.05) is 24.4 Å². The summed E-state index contributed by atoms with van der Waals surface area (Å²) in [6, 6.07) is 17.3. The zero-order valence-corrected chi connectivity index (χ0v) is 17.0. The molecule has 1 amide bonds. The maximum absolute atomic E-state index is 12.7. The molecule has 0 atom stereocenters. The predicted octanol–water partition coefficient (Wildman–Crippen LogP) is 6.48. The van der Waals surface area contributed by atoms with Gasteiger partial charge in [0, 0.05) is 34.2 Å². The average molecular weight is 443 g/mol. The summed E-state index contributed by atoms with van der Waals surface area (Å²) in [6.07, 6.45) is -1.80. The third-order valence-corrected chi connectivity index (χ3v) is 5.34. The van der Waals surface area contributed by atoms with Crippen LogP contribution in [0.1, 0.15) is 21.5 Å². The minimum absolute atomic E-state index is 0.211. The van der Waals surface area contributed by atoms with Gasteiger partial charge in [0.2, 0.25) is 0 Å². The lowest BCUT2D eigenvalue weighted by Gasteiger charge is -2.09. The van der Waals surface area contributed by atoms with Crippen LogP contribution in [0.4, 0.5) is 13.2 Å². The Balaban J connectivity index is 1.37. The van der Waals surface area contributed by atoms with Gasteiger partial charge in [0.05, 0.1) is 5.56 Å². The van der Waals surface area contributed by atoms with Gasteiger partial charge in [-0.1, -0.05) is 35.9 Å². The van der Waals surface area contributed by atoms with Gasteiger partial charge in [-0.3, -0.25) is 4.79 Å². The van der Waals surface area contributed by atoms with E-state index in [0.717, 1.165) is 34.2 Å². The molecule has 31 heavy (non-hydrogen) atoms. The molecule has 4 rings (SSSR count). The highest BCUT2D eigenvalue weighted by atomic mass is 35.5. The van der Waals surface area contributed by atoms with Gasteiger partial charge in [-0.2, -0.15) is 13.2 Å². The van der Waals surface area contributed by atoms with Gasteiger partial charge in [0.15, 0.2) is 0 Å². The number of nitrogens with one attached hydrogen (secondary N) is 2. The molecule has 0 radical (unpaired) electrons. The Morgan fingerprint density at radius 3 is 2.23 bits per heavy atom. The molecule has 0 aliphatic carbocycles. The van der Waals surface area contributed by atoms with E-state index in [0.29, 0.717) is 29.1 Å². The van der Waals surface area contributed by atoms with E-state index in [1.165, 1.54) is 12.1 Å². The first kappa shape index (κ1) is 21.0. The van der Waals surface area contributed by atoms with Crippen LogP contribution in [0.5, 0.6) is 0 Å². The van der Waals surface area contributed by atoms with Crippen molar-refractivity contribution in [2.24, 2.45) is 0 Å². The van der Waals surface area contributed by atoms with Gasteiger partial charge in [0.1, 0.15) is 0 Å². The number of aromatic nitrogens is 1. The lowest BCUT2D eigenvalue weighted by Crippen LogP contribution is -2.25. The normalized spacial score (nSPS) is 11.6. The Kier molecular flexibility index (Phi) is 5.74. The van der Waals surface area contributed by atoms with Crippen molar-refractivity contribution in [1.29, 1.82) is 0 Å². The molecule has 0 fully saturated rings. The van der Waals surface area contributed by atoms with E-state index < -0.39 is 11.7 Å². The Morgan fingerprint density at radius 1 is 0.935 bits per heavy atom. The summed E-state index contributed by atoms with van der Waals surface area (Å²) >= 11 is 6.06. The largest absolute Gasteiger partial charge is 0.416 e. The predicted molar refractivity (Wildman–Crippen MR) is 116 cm³/mol. The van der Waals surface area contributed by atoms with Crippen LogP contribution < -0.4 is 5.32 Å². The summed E-state index contributed by atoms with van der Waals surface area (Å²) in [5.74, 6) is -0.211. The van der Waals surface area contributed by atoms with Gasteiger partial charge in [0.25, 0.3) is 5.91 Å². The highest BCUT2D eigenvalue weighted by Gasteiger charge is 2.29. The first-order chi connectivity index (χ1) is 14.8. The smallest absolute Gasteiger partial charge is 0.361 e. The number of aromatic amines is 1. The monoisotopic (exact) mass is 442 g/mol. The molecule has 7 heteroatoms. The van der Waals surface area contributed by atoms with Gasteiger partial charge in [-0.15, -0.1) is 0 Å². The molecular weight excluding hydrogens is 425 g/mol. The first-order valence-electron chi connectivity index (χ1n) is 9.63. The lowest BCUT2D eigenvalue weighted by atomic mass is 10.0. The zero-order valence-electron chi connectivity index (χ0n) is 16.3. The summed E-state index contributed by atoms with van der Waals surface area (Å²) in [6.45, 7) is 0.457. The Bertz CT molecular complexity index is 1210. The summed E-state index contributed by atoms with van der Waals surface area (Å²) in [4.78, 5) is 15.6. The topological polar surface area (TPSA) is 44.9 Å². The number of amides is 1. The van der Waals surface area contributed by atoms with E-state index >= 15 is 0 Å². The Hall–Kier alpha value is -3.25. The number of hydrogen-bond donors (Lipinski definition) is 2. The zero-order chi connectivity index (χ0) is 22.0. The summed E-state index contributed by atoms with van der Waals surface area (Å²) in [5.41, 5.74) is 3.24. The van der Waals surface area contributed by atoms with E-state index in [1.54, 1.807) is 24.3 Å². The average Bonchev–Trinajstić information content (AvgIpc) is 3.15. The molecule has 0 bridgehead atoms. The van der Waals surface area contributed by atoms with Gasteiger partial charge >= 0.3 is 6.18 Å². The number of benzene rings is 3. The summed E-state index contributed by atoms with van der Waals surface area (Å²) < 4.78 is 38.1. The van der Waals surface area contributed by atoms with Crippen LogP contribution in [0.2, 0.25) is 5.02 Å².